The highest BCUT2D eigenvalue weighted by molar-refractivity contribution is 14.0. The van der Waals surface area contributed by atoms with Crippen LogP contribution in [0.1, 0.15) is 59.3 Å². The van der Waals surface area contributed by atoms with Crippen molar-refractivity contribution in [2.75, 3.05) is 26.7 Å². The molecule has 0 radical (unpaired) electrons. The van der Waals surface area contributed by atoms with Crippen molar-refractivity contribution >= 4 is 35.8 Å². The Morgan fingerprint density at radius 1 is 1.21 bits per heavy atom. The molecule has 0 aromatic carbocycles. The average molecular weight is 454 g/mol. The van der Waals surface area contributed by atoms with Gasteiger partial charge in [0.1, 0.15) is 0 Å². The molecule has 1 aliphatic rings. The van der Waals surface area contributed by atoms with Gasteiger partial charge in [0.05, 0.1) is 12.1 Å². The average Bonchev–Trinajstić information content (AvgIpc) is 2.53. The van der Waals surface area contributed by atoms with Gasteiger partial charge in [0.15, 0.2) is 5.96 Å². The van der Waals surface area contributed by atoms with Gasteiger partial charge in [0, 0.05) is 32.7 Å². The molecule has 0 heterocycles. The number of amides is 1. The molecule has 24 heavy (non-hydrogen) atoms. The molecule has 0 spiro atoms. The molecule has 3 N–H and O–H groups in total. The van der Waals surface area contributed by atoms with Crippen LogP contribution in [-0.4, -0.2) is 50.3 Å². The largest absolute Gasteiger partial charge is 0.377 e. The van der Waals surface area contributed by atoms with Gasteiger partial charge in [-0.2, -0.15) is 0 Å². The molecule has 0 unspecified atom stereocenters. The monoisotopic (exact) mass is 454 g/mol. The van der Waals surface area contributed by atoms with Crippen molar-refractivity contribution in [2.24, 2.45) is 4.99 Å². The van der Waals surface area contributed by atoms with E-state index in [1.807, 2.05) is 20.8 Å². The number of guanidine groups is 1. The number of ether oxygens (including phenoxy) is 1. The number of nitrogens with one attached hydrogen (secondary N) is 3. The number of halogens is 1. The Kier molecular flexibility index (Phi) is 12.4. The lowest BCUT2D eigenvalue weighted by Gasteiger charge is -2.23. The van der Waals surface area contributed by atoms with Crippen molar-refractivity contribution in [3.63, 3.8) is 0 Å². The lowest BCUT2D eigenvalue weighted by molar-refractivity contribution is -0.121. The molecule has 6 nitrogen and oxygen atoms in total. The van der Waals surface area contributed by atoms with E-state index in [0.29, 0.717) is 25.6 Å². The van der Waals surface area contributed by atoms with Crippen molar-refractivity contribution in [3.05, 3.63) is 0 Å². The SMILES string of the molecule is CCNC(=NCC(C)(C)OC)NCCC(=O)NC1CCCCC1.I. The Labute approximate surface area is 164 Å². The van der Waals surface area contributed by atoms with Gasteiger partial charge in [-0.1, -0.05) is 19.3 Å². The molecule has 0 aliphatic heterocycles. The number of hydrogen-bond acceptors (Lipinski definition) is 3. The summed E-state index contributed by atoms with van der Waals surface area (Å²) in [5.41, 5.74) is -0.291. The van der Waals surface area contributed by atoms with E-state index in [1.54, 1.807) is 7.11 Å². The van der Waals surface area contributed by atoms with E-state index in [9.17, 15) is 4.79 Å². The van der Waals surface area contributed by atoms with Crippen LogP contribution in [0.15, 0.2) is 4.99 Å². The van der Waals surface area contributed by atoms with Gasteiger partial charge in [-0.15, -0.1) is 24.0 Å². The quantitative estimate of drug-likeness (QED) is 0.299. The zero-order valence-corrected chi connectivity index (χ0v) is 17.9. The van der Waals surface area contributed by atoms with Gasteiger partial charge < -0.3 is 20.7 Å². The second kappa shape index (κ2) is 12.7. The van der Waals surface area contributed by atoms with Crippen LogP contribution in [-0.2, 0) is 9.53 Å². The maximum Gasteiger partial charge on any atom is 0.221 e. The molecule has 7 heteroatoms. The standard InChI is InChI=1S/C17H34N4O2.HI/c1-5-18-16(20-13-17(2,3)23-4)19-12-11-15(22)21-14-9-7-6-8-10-14;/h14H,5-13H2,1-4H3,(H,21,22)(H2,18,19,20);1H. The Bertz CT molecular complexity index is 383. The second-order valence-corrected chi connectivity index (χ2v) is 6.74. The van der Waals surface area contributed by atoms with E-state index in [1.165, 1.54) is 19.3 Å². The molecule has 142 valence electrons. The summed E-state index contributed by atoms with van der Waals surface area (Å²) >= 11 is 0. The summed E-state index contributed by atoms with van der Waals surface area (Å²) in [7, 11) is 1.69. The van der Waals surface area contributed by atoms with Gasteiger partial charge in [0.2, 0.25) is 5.91 Å². The van der Waals surface area contributed by atoms with E-state index in [4.69, 9.17) is 4.74 Å². The van der Waals surface area contributed by atoms with E-state index < -0.39 is 0 Å². The minimum absolute atomic E-state index is 0. The van der Waals surface area contributed by atoms with Crippen molar-refractivity contribution in [1.82, 2.24) is 16.0 Å². The number of methoxy groups -OCH3 is 1. The molecule has 0 aromatic rings. The molecule has 1 aliphatic carbocycles. The third-order valence-corrected chi connectivity index (χ3v) is 4.13. The van der Waals surface area contributed by atoms with Crippen LogP contribution in [0.5, 0.6) is 0 Å². The predicted octanol–water partition coefficient (Wildman–Crippen LogP) is 2.42. The normalized spacial score (nSPS) is 16.2. The number of carbonyl (C=O) groups is 1. The number of carbonyl (C=O) groups excluding carboxylic acids is 1. The molecule has 1 fully saturated rings. The lowest BCUT2D eigenvalue weighted by Crippen LogP contribution is -2.42. The van der Waals surface area contributed by atoms with Crippen LogP contribution in [0, 0.1) is 0 Å². The van der Waals surface area contributed by atoms with Gasteiger partial charge in [0.25, 0.3) is 0 Å². The molecule has 0 saturated heterocycles. The summed E-state index contributed by atoms with van der Waals surface area (Å²) in [6.45, 7) is 7.95. The second-order valence-electron chi connectivity index (χ2n) is 6.74. The fourth-order valence-corrected chi connectivity index (χ4v) is 2.52. The zero-order valence-electron chi connectivity index (χ0n) is 15.6. The van der Waals surface area contributed by atoms with Gasteiger partial charge >= 0.3 is 0 Å². The fourth-order valence-electron chi connectivity index (χ4n) is 2.52. The molecular formula is C17H35IN4O2. The van der Waals surface area contributed by atoms with Crippen LogP contribution in [0.2, 0.25) is 0 Å². The van der Waals surface area contributed by atoms with Gasteiger partial charge in [-0.05, 0) is 33.6 Å². The summed E-state index contributed by atoms with van der Waals surface area (Å²) in [5, 5.41) is 9.52. The molecular weight excluding hydrogens is 419 g/mol. The van der Waals surface area contributed by atoms with E-state index in [2.05, 4.69) is 20.9 Å². The molecule has 0 atom stereocenters. The Morgan fingerprint density at radius 2 is 1.88 bits per heavy atom. The molecule has 1 rings (SSSR count). The first-order valence-electron chi connectivity index (χ1n) is 8.83. The van der Waals surface area contributed by atoms with Crippen molar-refractivity contribution < 1.29 is 9.53 Å². The maximum absolute atomic E-state index is 12.0. The van der Waals surface area contributed by atoms with Gasteiger partial charge in [-0.25, -0.2) is 0 Å². The highest BCUT2D eigenvalue weighted by atomic mass is 127. The number of rotatable bonds is 8. The summed E-state index contributed by atoms with van der Waals surface area (Å²) < 4.78 is 5.37. The number of hydrogen-bond donors (Lipinski definition) is 3. The minimum Gasteiger partial charge on any atom is -0.377 e. The van der Waals surface area contributed by atoms with Crippen LogP contribution >= 0.6 is 24.0 Å². The first kappa shape index (κ1) is 23.4. The smallest absolute Gasteiger partial charge is 0.221 e. The molecule has 0 bridgehead atoms. The molecule has 1 amide bonds. The van der Waals surface area contributed by atoms with E-state index in [-0.39, 0.29) is 35.5 Å². The van der Waals surface area contributed by atoms with Crippen molar-refractivity contribution in [1.29, 1.82) is 0 Å². The maximum atomic E-state index is 12.0. The Hall–Kier alpha value is -0.570. The van der Waals surface area contributed by atoms with Crippen molar-refractivity contribution in [3.8, 4) is 0 Å². The fraction of sp³-hybridized carbons (Fsp3) is 0.882. The lowest BCUT2D eigenvalue weighted by atomic mass is 9.95. The van der Waals surface area contributed by atoms with Crippen LogP contribution in [0.25, 0.3) is 0 Å². The third kappa shape index (κ3) is 10.3. The highest BCUT2D eigenvalue weighted by Crippen LogP contribution is 2.17. The van der Waals surface area contributed by atoms with Crippen LogP contribution < -0.4 is 16.0 Å². The summed E-state index contributed by atoms with van der Waals surface area (Å²) in [6.07, 6.45) is 6.47. The highest BCUT2D eigenvalue weighted by Gasteiger charge is 2.17. The zero-order chi connectivity index (χ0) is 17.1. The van der Waals surface area contributed by atoms with E-state index in [0.717, 1.165) is 25.3 Å². The van der Waals surface area contributed by atoms with Crippen LogP contribution in [0.4, 0.5) is 0 Å². The molecule has 0 aromatic heterocycles. The number of aliphatic imine (C=N–C) groups is 1. The Morgan fingerprint density at radius 3 is 2.46 bits per heavy atom. The summed E-state index contributed by atoms with van der Waals surface area (Å²) in [4.78, 5) is 16.5. The van der Waals surface area contributed by atoms with Gasteiger partial charge in [-0.3, -0.25) is 9.79 Å². The minimum atomic E-state index is -0.291. The summed E-state index contributed by atoms with van der Waals surface area (Å²) in [5.74, 6) is 0.848. The van der Waals surface area contributed by atoms with Crippen LogP contribution in [0.3, 0.4) is 0 Å². The number of nitrogens with zero attached hydrogens (tertiary/aromatic N) is 1. The first-order valence-corrected chi connectivity index (χ1v) is 8.83. The predicted molar refractivity (Wildman–Crippen MR) is 110 cm³/mol. The van der Waals surface area contributed by atoms with Crippen molar-refractivity contribution in [2.45, 2.75) is 70.9 Å². The molecule has 1 saturated carbocycles. The van der Waals surface area contributed by atoms with E-state index >= 15 is 0 Å². The third-order valence-electron chi connectivity index (χ3n) is 4.13. The Balaban J connectivity index is 0.00000529. The first-order chi connectivity index (χ1) is 11.0. The topological polar surface area (TPSA) is 74.8 Å². The summed E-state index contributed by atoms with van der Waals surface area (Å²) in [6, 6.07) is 0.376.